The molecule has 30 heavy (non-hydrogen) atoms. The smallest absolute Gasteiger partial charge is 0.311 e. The lowest BCUT2D eigenvalue weighted by molar-refractivity contribution is -0.140. The Balaban J connectivity index is 2.36. The van der Waals surface area contributed by atoms with Gasteiger partial charge in [-0.3, -0.25) is 14.2 Å². The van der Waals surface area contributed by atoms with Gasteiger partial charge in [0.1, 0.15) is 5.75 Å². The molecule has 0 aliphatic heterocycles. The van der Waals surface area contributed by atoms with Crippen molar-refractivity contribution in [2.75, 3.05) is 7.11 Å². The maximum atomic E-state index is 13.4. The number of methoxy groups -OCH3 is 1. The van der Waals surface area contributed by atoms with Crippen LogP contribution in [0.15, 0.2) is 36.4 Å². The number of fused-ring (bicyclic) bond motifs is 1. The summed E-state index contributed by atoms with van der Waals surface area (Å²) in [6, 6.07) is 10.7. The van der Waals surface area contributed by atoms with Gasteiger partial charge in [-0.05, 0) is 49.6 Å². The summed E-state index contributed by atoms with van der Waals surface area (Å²) in [4.78, 5) is 25.7. The number of nitrogens with zero attached hydrogens (tertiary/aromatic N) is 1. The third-order valence-corrected chi connectivity index (χ3v) is 6.11. The maximum absolute atomic E-state index is 13.4. The SMILES string of the molecule is CCC(C)C(C(=O)O)c1c(C)n(C(=O)c2ccc(C)cc2)c2cc(Cl)c(OC)cc12. The van der Waals surface area contributed by atoms with Crippen LogP contribution in [0, 0.1) is 19.8 Å². The van der Waals surface area contributed by atoms with Crippen molar-refractivity contribution in [3.05, 3.63) is 63.8 Å². The molecule has 6 heteroatoms. The van der Waals surface area contributed by atoms with Gasteiger partial charge in [-0.2, -0.15) is 0 Å². The molecule has 3 aromatic rings. The van der Waals surface area contributed by atoms with Gasteiger partial charge >= 0.3 is 5.97 Å². The topological polar surface area (TPSA) is 68.5 Å². The Morgan fingerprint density at radius 3 is 2.33 bits per heavy atom. The highest BCUT2D eigenvalue weighted by Crippen LogP contribution is 2.41. The quantitative estimate of drug-likeness (QED) is 0.537. The van der Waals surface area contributed by atoms with Crippen molar-refractivity contribution < 1.29 is 19.4 Å². The van der Waals surface area contributed by atoms with Crippen LogP contribution in [0.2, 0.25) is 5.02 Å². The normalized spacial score (nSPS) is 13.3. The number of halogens is 1. The van der Waals surface area contributed by atoms with E-state index in [1.165, 1.54) is 7.11 Å². The van der Waals surface area contributed by atoms with Crippen molar-refractivity contribution in [3.8, 4) is 5.75 Å². The third kappa shape index (κ3) is 3.70. The van der Waals surface area contributed by atoms with Gasteiger partial charge in [0.2, 0.25) is 0 Å². The summed E-state index contributed by atoms with van der Waals surface area (Å²) < 4.78 is 6.94. The van der Waals surface area contributed by atoms with E-state index in [2.05, 4.69) is 0 Å². The van der Waals surface area contributed by atoms with E-state index in [9.17, 15) is 14.7 Å². The molecule has 0 saturated heterocycles. The number of hydrogen-bond acceptors (Lipinski definition) is 3. The van der Waals surface area contributed by atoms with Gasteiger partial charge in [0, 0.05) is 16.6 Å². The van der Waals surface area contributed by atoms with Crippen LogP contribution in [0.25, 0.3) is 10.9 Å². The zero-order valence-electron chi connectivity index (χ0n) is 17.8. The maximum Gasteiger partial charge on any atom is 0.311 e. The Kier molecular flexibility index (Phi) is 6.22. The Labute approximate surface area is 181 Å². The minimum atomic E-state index is -0.914. The lowest BCUT2D eigenvalue weighted by atomic mass is 9.84. The first-order valence-electron chi connectivity index (χ1n) is 9.93. The van der Waals surface area contributed by atoms with Crippen LogP contribution in [0.1, 0.15) is 53.4 Å². The lowest BCUT2D eigenvalue weighted by Crippen LogP contribution is -2.21. The molecular weight excluding hydrogens is 402 g/mol. The second-order valence-electron chi connectivity index (χ2n) is 7.71. The van der Waals surface area contributed by atoms with Crippen LogP contribution in [0.3, 0.4) is 0 Å². The highest BCUT2D eigenvalue weighted by atomic mass is 35.5. The van der Waals surface area contributed by atoms with Gasteiger partial charge in [-0.15, -0.1) is 0 Å². The summed E-state index contributed by atoms with van der Waals surface area (Å²) in [6.45, 7) is 7.62. The van der Waals surface area contributed by atoms with E-state index < -0.39 is 11.9 Å². The number of hydrogen-bond donors (Lipinski definition) is 1. The summed E-state index contributed by atoms with van der Waals surface area (Å²) in [5.41, 5.74) is 3.38. The highest BCUT2D eigenvalue weighted by Gasteiger charge is 2.33. The summed E-state index contributed by atoms with van der Waals surface area (Å²) >= 11 is 6.37. The van der Waals surface area contributed by atoms with Gasteiger partial charge in [-0.1, -0.05) is 49.6 Å². The molecule has 0 aliphatic carbocycles. The fourth-order valence-corrected chi connectivity index (χ4v) is 4.20. The number of aromatic nitrogens is 1. The number of ether oxygens (including phenoxy) is 1. The average Bonchev–Trinajstić information content (AvgIpc) is 2.98. The Morgan fingerprint density at radius 1 is 1.17 bits per heavy atom. The number of carboxylic acid groups (broad SMARTS) is 1. The number of benzene rings is 2. The summed E-state index contributed by atoms with van der Waals surface area (Å²) in [6.07, 6.45) is 0.694. The van der Waals surface area contributed by atoms with Crippen molar-refractivity contribution in [3.63, 3.8) is 0 Å². The molecule has 2 unspecified atom stereocenters. The average molecular weight is 428 g/mol. The monoisotopic (exact) mass is 427 g/mol. The fraction of sp³-hybridized carbons (Fsp3) is 0.333. The van der Waals surface area contributed by atoms with Gasteiger partial charge in [0.15, 0.2) is 0 Å². The molecule has 0 spiro atoms. The Hall–Kier alpha value is -2.79. The van der Waals surface area contributed by atoms with Crippen LogP contribution >= 0.6 is 11.6 Å². The van der Waals surface area contributed by atoms with E-state index >= 15 is 0 Å². The molecular formula is C24H26ClNO4. The predicted molar refractivity (Wildman–Crippen MR) is 119 cm³/mol. The predicted octanol–water partition coefficient (Wildman–Crippen LogP) is 5.82. The minimum absolute atomic E-state index is 0.114. The molecule has 1 heterocycles. The number of carbonyl (C=O) groups is 2. The molecule has 0 fully saturated rings. The van der Waals surface area contributed by atoms with Gasteiger partial charge in [-0.25, -0.2) is 0 Å². The van der Waals surface area contributed by atoms with E-state index in [1.807, 2.05) is 32.9 Å². The second kappa shape index (κ2) is 8.52. The number of aliphatic carboxylic acids is 1. The van der Waals surface area contributed by atoms with Crippen molar-refractivity contribution in [1.29, 1.82) is 0 Å². The van der Waals surface area contributed by atoms with E-state index in [-0.39, 0.29) is 11.8 Å². The van der Waals surface area contributed by atoms with Crippen LogP contribution < -0.4 is 4.74 Å². The number of carbonyl (C=O) groups excluding carboxylic acids is 1. The van der Waals surface area contributed by atoms with Crippen molar-refractivity contribution in [2.45, 2.75) is 40.0 Å². The first kappa shape index (κ1) is 21.9. The lowest BCUT2D eigenvalue weighted by Gasteiger charge is -2.20. The van der Waals surface area contributed by atoms with Crippen molar-refractivity contribution in [1.82, 2.24) is 4.57 Å². The summed E-state index contributed by atoms with van der Waals surface area (Å²) in [5, 5.41) is 11.1. The number of aryl methyl sites for hydroxylation is 1. The molecule has 0 aliphatic rings. The van der Waals surface area contributed by atoms with Crippen LogP contribution in [-0.4, -0.2) is 28.7 Å². The highest BCUT2D eigenvalue weighted by molar-refractivity contribution is 6.33. The fourth-order valence-electron chi connectivity index (χ4n) is 3.96. The molecule has 0 saturated carbocycles. The van der Waals surface area contributed by atoms with E-state index in [1.54, 1.807) is 35.8 Å². The molecule has 158 valence electrons. The zero-order valence-corrected chi connectivity index (χ0v) is 18.6. The van der Waals surface area contributed by atoms with Crippen LogP contribution in [-0.2, 0) is 4.79 Å². The summed E-state index contributed by atoms with van der Waals surface area (Å²) in [7, 11) is 1.51. The van der Waals surface area contributed by atoms with Crippen LogP contribution in [0.5, 0.6) is 5.75 Å². The molecule has 0 amide bonds. The van der Waals surface area contributed by atoms with Gasteiger partial charge < -0.3 is 9.84 Å². The molecule has 0 bridgehead atoms. The molecule has 1 aromatic heterocycles. The van der Waals surface area contributed by atoms with Crippen molar-refractivity contribution >= 4 is 34.4 Å². The molecule has 2 atom stereocenters. The first-order chi connectivity index (χ1) is 14.2. The van der Waals surface area contributed by atoms with Crippen LogP contribution in [0.4, 0.5) is 0 Å². The van der Waals surface area contributed by atoms with Gasteiger partial charge in [0.25, 0.3) is 5.91 Å². The zero-order chi connectivity index (χ0) is 22.2. The van der Waals surface area contributed by atoms with Gasteiger partial charge in [0.05, 0.1) is 23.6 Å². The number of rotatable bonds is 6. The minimum Gasteiger partial charge on any atom is -0.495 e. The van der Waals surface area contributed by atoms with E-state index in [4.69, 9.17) is 16.3 Å². The Bertz CT molecular complexity index is 1110. The molecule has 3 rings (SSSR count). The molecule has 1 N–H and O–H groups in total. The molecule has 0 radical (unpaired) electrons. The molecule has 5 nitrogen and oxygen atoms in total. The van der Waals surface area contributed by atoms with E-state index in [0.29, 0.717) is 44.9 Å². The number of carboxylic acids is 1. The standard InChI is InChI=1S/C24H26ClNO4/c1-6-14(3)21(24(28)29)22-15(4)26(23(27)16-9-7-13(2)8-10-16)19-12-18(25)20(30-5)11-17(19)22/h7-12,14,21H,6H2,1-5H3,(H,28,29). The first-order valence-corrected chi connectivity index (χ1v) is 10.3. The largest absolute Gasteiger partial charge is 0.495 e. The Morgan fingerprint density at radius 2 is 1.80 bits per heavy atom. The third-order valence-electron chi connectivity index (χ3n) is 5.82. The molecule has 2 aromatic carbocycles. The van der Waals surface area contributed by atoms with E-state index in [0.717, 1.165) is 5.56 Å². The second-order valence-corrected chi connectivity index (χ2v) is 8.12. The van der Waals surface area contributed by atoms with Crippen molar-refractivity contribution in [2.24, 2.45) is 5.92 Å². The summed E-state index contributed by atoms with van der Waals surface area (Å²) in [5.74, 6) is -1.56.